The number of carbonyl (C=O) groups excluding carboxylic acids is 1. The number of amides is 1. The summed E-state index contributed by atoms with van der Waals surface area (Å²) in [6, 6.07) is 0. The van der Waals surface area contributed by atoms with E-state index in [1.54, 1.807) is 18.2 Å². The first-order chi connectivity index (χ1) is 9.19. The largest absolute Gasteiger partial charge is 0.383 e. The van der Waals surface area contributed by atoms with Crippen molar-refractivity contribution < 1.29 is 9.53 Å². The fourth-order valence-electron chi connectivity index (χ4n) is 2.39. The fourth-order valence-corrected chi connectivity index (χ4v) is 2.39. The lowest BCUT2D eigenvalue weighted by atomic mass is 10.2. The van der Waals surface area contributed by atoms with E-state index < -0.39 is 0 Å². The monoisotopic (exact) mass is 262 g/mol. The molecule has 0 bridgehead atoms. The summed E-state index contributed by atoms with van der Waals surface area (Å²) < 4.78 is 5.26. The summed E-state index contributed by atoms with van der Waals surface area (Å²) in [5.74, 6) is 1.41. The topological polar surface area (TPSA) is 81.3 Å². The van der Waals surface area contributed by atoms with Gasteiger partial charge in [0, 0.05) is 32.3 Å². The van der Waals surface area contributed by atoms with Gasteiger partial charge in [0.25, 0.3) is 5.91 Å². The molecule has 2 aliphatic rings. The van der Waals surface area contributed by atoms with Gasteiger partial charge in [-0.1, -0.05) is 0 Å². The molecule has 2 fully saturated rings. The molecule has 1 saturated carbocycles. The molecule has 1 aliphatic carbocycles. The van der Waals surface area contributed by atoms with Crippen molar-refractivity contribution in [2.24, 2.45) is 0 Å². The first-order valence-electron chi connectivity index (χ1n) is 6.63. The van der Waals surface area contributed by atoms with Crippen molar-refractivity contribution in [2.75, 3.05) is 25.9 Å². The minimum Gasteiger partial charge on any atom is -0.383 e. The molecule has 0 unspecified atom stereocenters. The number of nitrogens with zero attached hydrogens (tertiary/aromatic N) is 3. The molecular weight excluding hydrogens is 244 g/mol. The van der Waals surface area contributed by atoms with Crippen molar-refractivity contribution in [3.8, 4) is 0 Å². The second-order valence-corrected chi connectivity index (χ2v) is 5.20. The fraction of sp³-hybridized carbons (Fsp3) is 0.615. The Morgan fingerprint density at radius 3 is 2.84 bits per heavy atom. The van der Waals surface area contributed by atoms with Crippen LogP contribution in [-0.2, 0) is 4.74 Å². The van der Waals surface area contributed by atoms with Crippen LogP contribution < -0.4 is 5.73 Å². The molecule has 0 spiro atoms. The number of methoxy groups -OCH3 is 1. The molecule has 102 valence electrons. The van der Waals surface area contributed by atoms with Crippen LogP contribution in [0.1, 0.15) is 41.4 Å². The van der Waals surface area contributed by atoms with Gasteiger partial charge in [-0.2, -0.15) is 0 Å². The highest BCUT2D eigenvalue weighted by Crippen LogP contribution is 2.38. The Labute approximate surface area is 112 Å². The molecule has 1 amide bonds. The summed E-state index contributed by atoms with van der Waals surface area (Å²) in [7, 11) is 1.67. The molecule has 1 saturated heterocycles. The quantitative estimate of drug-likeness (QED) is 0.871. The third-order valence-electron chi connectivity index (χ3n) is 3.78. The molecule has 2 N–H and O–H groups in total. The summed E-state index contributed by atoms with van der Waals surface area (Å²) in [6.07, 6.45) is 4.79. The van der Waals surface area contributed by atoms with Crippen LogP contribution in [0.25, 0.3) is 0 Å². The van der Waals surface area contributed by atoms with Gasteiger partial charge in [0.2, 0.25) is 0 Å². The predicted molar refractivity (Wildman–Crippen MR) is 69.7 cm³/mol. The average molecular weight is 262 g/mol. The minimum absolute atomic E-state index is 0.0978. The molecule has 6 heteroatoms. The highest BCUT2D eigenvalue weighted by Gasteiger charge is 2.30. The lowest BCUT2D eigenvalue weighted by Gasteiger charge is -2.16. The molecule has 2 heterocycles. The molecular formula is C13H18N4O2. The van der Waals surface area contributed by atoms with Crippen molar-refractivity contribution in [2.45, 2.75) is 31.3 Å². The number of hydrogen-bond acceptors (Lipinski definition) is 5. The van der Waals surface area contributed by atoms with Crippen molar-refractivity contribution in [1.29, 1.82) is 0 Å². The molecule has 0 aromatic carbocycles. The van der Waals surface area contributed by atoms with E-state index in [0.29, 0.717) is 30.4 Å². The summed E-state index contributed by atoms with van der Waals surface area (Å²) >= 11 is 0. The number of nitrogens with two attached hydrogens (primary N) is 1. The van der Waals surface area contributed by atoms with E-state index in [2.05, 4.69) is 9.97 Å². The first-order valence-corrected chi connectivity index (χ1v) is 6.63. The Kier molecular flexibility index (Phi) is 3.10. The normalized spacial score (nSPS) is 22.8. The van der Waals surface area contributed by atoms with Crippen molar-refractivity contribution >= 4 is 11.7 Å². The third-order valence-corrected chi connectivity index (χ3v) is 3.78. The van der Waals surface area contributed by atoms with Gasteiger partial charge in [0.15, 0.2) is 0 Å². The number of likely N-dealkylation sites (tertiary alicyclic amines) is 1. The molecule has 1 aromatic rings. The minimum atomic E-state index is -0.0978. The van der Waals surface area contributed by atoms with Gasteiger partial charge in [0.1, 0.15) is 17.2 Å². The molecule has 1 aromatic heterocycles. The van der Waals surface area contributed by atoms with Crippen LogP contribution in [0.3, 0.4) is 0 Å². The molecule has 1 atom stereocenters. The van der Waals surface area contributed by atoms with E-state index in [9.17, 15) is 4.79 Å². The Bertz CT molecular complexity index is 501. The standard InChI is InChI=1S/C13H18N4O2/c1-19-9-4-5-17(7-9)13(18)10-6-15-12(8-2-3-8)16-11(10)14/h6,8-9H,2-5,7H2,1H3,(H2,14,15,16)/t9-/m0/s1. The van der Waals surface area contributed by atoms with Gasteiger partial charge in [-0.15, -0.1) is 0 Å². The molecule has 1 aliphatic heterocycles. The number of carbonyl (C=O) groups is 1. The van der Waals surface area contributed by atoms with Crippen LogP contribution in [0.15, 0.2) is 6.20 Å². The Hall–Kier alpha value is -1.69. The number of anilines is 1. The van der Waals surface area contributed by atoms with E-state index in [-0.39, 0.29) is 12.0 Å². The van der Waals surface area contributed by atoms with Crippen molar-refractivity contribution in [3.05, 3.63) is 17.6 Å². The number of nitrogen functional groups attached to an aromatic ring is 1. The second-order valence-electron chi connectivity index (χ2n) is 5.20. The average Bonchev–Trinajstić information content (AvgIpc) is 3.15. The maximum absolute atomic E-state index is 12.3. The maximum atomic E-state index is 12.3. The molecule has 0 radical (unpaired) electrons. The lowest BCUT2D eigenvalue weighted by Crippen LogP contribution is -2.31. The third kappa shape index (κ3) is 2.40. The first kappa shape index (κ1) is 12.3. The highest BCUT2D eigenvalue weighted by atomic mass is 16.5. The molecule has 3 rings (SSSR count). The Morgan fingerprint density at radius 2 is 2.26 bits per heavy atom. The molecule has 19 heavy (non-hydrogen) atoms. The maximum Gasteiger partial charge on any atom is 0.259 e. The van der Waals surface area contributed by atoms with Gasteiger partial charge < -0.3 is 15.4 Å². The number of ether oxygens (including phenoxy) is 1. The van der Waals surface area contributed by atoms with Crippen LogP contribution in [0, 0.1) is 0 Å². The van der Waals surface area contributed by atoms with E-state index in [1.807, 2.05) is 0 Å². The van der Waals surface area contributed by atoms with Gasteiger partial charge in [-0.05, 0) is 19.3 Å². The zero-order valence-corrected chi connectivity index (χ0v) is 11.0. The SMILES string of the molecule is CO[C@H]1CCN(C(=O)c2cnc(C3CC3)nc2N)C1. The van der Waals surface area contributed by atoms with Crippen LogP contribution >= 0.6 is 0 Å². The Balaban J connectivity index is 1.76. The predicted octanol–water partition coefficient (Wildman–Crippen LogP) is 0.797. The zero-order chi connectivity index (χ0) is 13.4. The summed E-state index contributed by atoms with van der Waals surface area (Å²) in [5, 5.41) is 0. The van der Waals surface area contributed by atoms with Gasteiger partial charge >= 0.3 is 0 Å². The number of hydrogen-bond donors (Lipinski definition) is 1. The summed E-state index contributed by atoms with van der Waals surface area (Å²) in [6.45, 7) is 1.31. The van der Waals surface area contributed by atoms with Crippen molar-refractivity contribution in [3.63, 3.8) is 0 Å². The number of aromatic nitrogens is 2. The van der Waals surface area contributed by atoms with Gasteiger partial charge in [0.05, 0.1) is 6.10 Å². The summed E-state index contributed by atoms with van der Waals surface area (Å²) in [5.41, 5.74) is 6.30. The number of rotatable bonds is 3. The van der Waals surface area contributed by atoms with Crippen LogP contribution in [0.2, 0.25) is 0 Å². The highest BCUT2D eigenvalue weighted by molar-refractivity contribution is 5.98. The Morgan fingerprint density at radius 1 is 1.47 bits per heavy atom. The van der Waals surface area contributed by atoms with Crippen molar-refractivity contribution in [1.82, 2.24) is 14.9 Å². The summed E-state index contributed by atoms with van der Waals surface area (Å²) in [4.78, 5) is 22.6. The van der Waals surface area contributed by atoms with Crippen LogP contribution in [0.4, 0.5) is 5.82 Å². The van der Waals surface area contributed by atoms with Gasteiger partial charge in [-0.3, -0.25) is 4.79 Å². The zero-order valence-electron chi connectivity index (χ0n) is 11.0. The van der Waals surface area contributed by atoms with E-state index in [1.165, 1.54) is 0 Å². The smallest absolute Gasteiger partial charge is 0.259 e. The van der Waals surface area contributed by atoms with Crippen LogP contribution in [0.5, 0.6) is 0 Å². The van der Waals surface area contributed by atoms with Crippen LogP contribution in [-0.4, -0.2) is 47.1 Å². The van der Waals surface area contributed by atoms with E-state index in [4.69, 9.17) is 10.5 Å². The van der Waals surface area contributed by atoms with Gasteiger partial charge in [-0.25, -0.2) is 9.97 Å². The van der Waals surface area contributed by atoms with E-state index in [0.717, 1.165) is 25.1 Å². The van der Waals surface area contributed by atoms with E-state index >= 15 is 0 Å². The molecule has 6 nitrogen and oxygen atoms in total. The lowest BCUT2D eigenvalue weighted by molar-refractivity contribution is 0.0724. The second kappa shape index (κ2) is 4.77.